The molecular formula is C19H21N3O3. The van der Waals surface area contributed by atoms with Crippen LogP contribution in [0.4, 0.5) is 0 Å². The zero-order chi connectivity index (χ0) is 17.6. The molecule has 6 nitrogen and oxygen atoms in total. The van der Waals surface area contributed by atoms with Gasteiger partial charge in [0.05, 0.1) is 7.11 Å². The van der Waals surface area contributed by atoms with Gasteiger partial charge in [-0.1, -0.05) is 6.07 Å². The van der Waals surface area contributed by atoms with E-state index in [1.807, 2.05) is 12.1 Å². The van der Waals surface area contributed by atoms with E-state index in [9.17, 15) is 9.59 Å². The molecule has 0 radical (unpaired) electrons. The Bertz CT molecular complexity index is 749. The summed E-state index contributed by atoms with van der Waals surface area (Å²) in [5.74, 6) is 0.616. The monoisotopic (exact) mass is 339 g/mol. The number of rotatable bonds is 3. The van der Waals surface area contributed by atoms with Crippen molar-refractivity contribution in [1.82, 2.24) is 14.8 Å². The molecule has 130 valence electrons. The predicted molar refractivity (Wildman–Crippen MR) is 93.7 cm³/mol. The van der Waals surface area contributed by atoms with E-state index in [-0.39, 0.29) is 11.8 Å². The van der Waals surface area contributed by atoms with Gasteiger partial charge in [0.15, 0.2) is 0 Å². The lowest BCUT2D eigenvalue weighted by Gasteiger charge is -2.22. The molecule has 0 spiro atoms. The smallest absolute Gasteiger partial charge is 0.254 e. The van der Waals surface area contributed by atoms with Crippen molar-refractivity contribution in [1.29, 1.82) is 0 Å². The Balaban J connectivity index is 1.67. The van der Waals surface area contributed by atoms with Crippen LogP contribution in [0.1, 0.15) is 27.1 Å². The molecule has 1 aliphatic rings. The summed E-state index contributed by atoms with van der Waals surface area (Å²) in [6, 6.07) is 10.6. The molecule has 2 heterocycles. The zero-order valence-corrected chi connectivity index (χ0v) is 14.2. The van der Waals surface area contributed by atoms with Gasteiger partial charge in [0.25, 0.3) is 11.8 Å². The lowest BCUT2D eigenvalue weighted by Crippen LogP contribution is -2.37. The van der Waals surface area contributed by atoms with Crippen molar-refractivity contribution >= 4 is 11.8 Å². The molecule has 0 aliphatic carbocycles. The van der Waals surface area contributed by atoms with E-state index in [1.54, 1.807) is 53.6 Å². The van der Waals surface area contributed by atoms with Crippen LogP contribution in [0.15, 0.2) is 48.8 Å². The number of benzene rings is 1. The maximum Gasteiger partial charge on any atom is 0.254 e. The van der Waals surface area contributed by atoms with Crippen molar-refractivity contribution in [2.45, 2.75) is 6.42 Å². The standard InChI is InChI=1S/C19H21N3O3/c1-25-17-5-2-4-16(14-17)19(24)22-11-3-10-21(12-13-22)18(23)15-6-8-20-9-7-15/h2,4-9,14H,3,10-13H2,1H3. The second-order valence-electron chi connectivity index (χ2n) is 5.91. The highest BCUT2D eigenvalue weighted by molar-refractivity contribution is 5.95. The minimum atomic E-state index is -0.0305. The molecule has 25 heavy (non-hydrogen) atoms. The summed E-state index contributed by atoms with van der Waals surface area (Å²) in [4.78, 5) is 32.8. The number of carbonyl (C=O) groups excluding carboxylic acids is 2. The van der Waals surface area contributed by atoms with Gasteiger partial charge >= 0.3 is 0 Å². The van der Waals surface area contributed by atoms with E-state index in [4.69, 9.17) is 4.74 Å². The van der Waals surface area contributed by atoms with Crippen molar-refractivity contribution in [3.05, 3.63) is 59.9 Å². The number of methoxy groups -OCH3 is 1. The van der Waals surface area contributed by atoms with E-state index < -0.39 is 0 Å². The van der Waals surface area contributed by atoms with Crippen LogP contribution in [0.25, 0.3) is 0 Å². The van der Waals surface area contributed by atoms with Crippen molar-refractivity contribution < 1.29 is 14.3 Å². The van der Waals surface area contributed by atoms with E-state index >= 15 is 0 Å². The molecule has 1 fully saturated rings. The number of ether oxygens (including phenoxy) is 1. The highest BCUT2D eigenvalue weighted by Gasteiger charge is 2.23. The fourth-order valence-electron chi connectivity index (χ4n) is 2.94. The molecule has 1 saturated heterocycles. The third kappa shape index (κ3) is 3.96. The Labute approximate surface area is 147 Å². The third-order valence-corrected chi connectivity index (χ3v) is 4.31. The van der Waals surface area contributed by atoms with Gasteiger partial charge < -0.3 is 14.5 Å². The van der Waals surface area contributed by atoms with Crippen LogP contribution in [0, 0.1) is 0 Å². The fourth-order valence-corrected chi connectivity index (χ4v) is 2.94. The molecule has 0 bridgehead atoms. The normalized spacial score (nSPS) is 14.8. The second kappa shape index (κ2) is 7.79. The number of amides is 2. The first-order valence-corrected chi connectivity index (χ1v) is 8.31. The minimum Gasteiger partial charge on any atom is -0.497 e. The summed E-state index contributed by atoms with van der Waals surface area (Å²) >= 11 is 0. The zero-order valence-electron chi connectivity index (χ0n) is 14.2. The Morgan fingerprint density at radius 3 is 2.20 bits per heavy atom. The van der Waals surface area contributed by atoms with Crippen LogP contribution in [0.2, 0.25) is 0 Å². The summed E-state index contributed by atoms with van der Waals surface area (Å²) < 4.78 is 5.19. The molecule has 0 atom stereocenters. The van der Waals surface area contributed by atoms with Gasteiger partial charge in [0, 0.05) is 49.7 Å². The van der Waals surface area contributed by atoms with Crippen molar-refractivity contribution in [2.24, 2.45) is 0 Å². The average Bonchev–Trinajstić information content (AvgIpc) is 2.94. The fraction of sp³-hybridized carbons (Fsp3) is 0.316. The van der Waals surface area contributed by atoms with Crippen LogP contribution >= 0.6 is 0 Å². The lowest BCUT2D eigenvalue weighted by atomic mass is 10.2. The van der Waals surface area contributed by atoms with E-state index in [0.717, 1.165) is 6.42 Å². The SMILES string of the molecule is COc1cccc(C(=O)N2CCCN(C(=O)c3ccncc3)CC2)c1. The van der Waals surface area contributed by atoms with Crippen LogP contribution in [-0.2, 0) is 0 Å². The number of pyridine rings is 1. The molecule has 0 saturated carbocycles. The molecule has 1 aromatic heterocycles. The Kier molecular flexibility index (Phi) is 5.28. The molecule has 0 N–H and O–H groups in total. The summed E-state index contributed by atoms with van der Waals surface area (Å²) in [7, 11) is 1.58. The molecule has 2 amide bonds. The summed E-state index contributed by atoms with van der Waals surface area (Å²) in [6.07, 6.45) is 3.99. The van der Waals surface area contributed by atoms with Crippen molar-refractivity contribution in [3.63, 3.8) is 0 Å². The Morgan fingerprint density at radius 2 is 1.56 bits per heavy atom. The van der Waals surface area contributed by atoms with Gasteiger partial charge in [-0.3, -0.25) is 14.6 Å². The van der Waals surface area contributed by atoms with Gasteiger partial charge in [-0.25, -0.2) is 0 Å². The maximum absolute atomic E-state index is 12.7. The van der Waals surface area contributed by atoms with E-state index in [2.05, 4.69) is 4.98 Å². The van der Waals surface area contributed by atoms with Gasteiger partial charge in [0.2, 0.25) is 0 Å². The molecule has 2 aromatic rings. The highest BCUT2D eigenvalue weighted by Crippen LogP contribution is 2.16. The molecule has 1 aromatic carbocycles. The van der Waals surface area contributed by atoms with Gasteiger partial charge in [0.1, 0.15) is 5.75 Å². The quantitative estimate of drug-likeness (QED) is 0.859. The molecule has 1 aliphatic heterocycles. The first kappa shape index (κ1) is 17.0. The topological polar surface area (TPSA) is 62.7 Å². The van der Waals surface area contributed by atoms with Gasteiger partial charge in [-0.15, -0.1) is 0 Å². The van der Waals surface area contributed by atoms with E-state index in [0.29, 0.717) is 43.1 Å². The first-order chi connectivity index (χ1) is 12.2. The molecule has 0 unspecified atom stereocenters. The Hall–Kier alpha value is -2.89. The third-order valence-electron chi connectivity index (χ3n) is 4.31. The van der Waals surface area contributed by atoms with Crippen LogP contribution < -0.4 is 4.74 Å². The Morgan fingerprint density at radius 1 is 0.920 bits per heavy atom. The highest BCUT2D eigenvalue weighted by atomic mass is 16.5. The van der Waals surface area contributed by atoms with E-state index in [1.165, 1.54) is 0 Å². The van der Waals surface area contributed by atoms with Gasteiger partial charge in [-0.05, 0) is 36.8 Å². The van der Waals surface area contributed by atoms with Crippen LogP contribution in [0.5, 0.6) is 5.75 Å². The first-order valence-electron chi connectivity index (χ1n) is 8.31. The minimum absolute atomic E-state index is 0.0157. The molecule has 6 heteroatoms. The summed E-state index contributed by atoms with van der Waals surface area (Å²) in [5, 5.41) is 0. The molecular weight excluding hydrogens is 318 g/mol. The van der Waals surface area contributed by atoms with Crippen molar-refractivity contribution in [3.8, 4) is 5.75 Å². The second-order valence-corrected chi connectivity index (χ2v) is 5.91. The number of hydrogen-bond donors (Lipinski definition) is 0. The van der Waals surface area contributed by atoms with Crippen molar-refractivity contribution in [2.75, 3.05) is 33.3 Å². The molecule has 3 rings (SSSR count). The van der Waals surface area contributed by atoms with Crippen LogP contribution in [-0.4, -0.2) is 59.9 Å². The number of nitrogens with zero attached hydrogens (tertiary/aromatic N) is 3. The number of aromatic nitrogens is 1. The predicted octanol–water partition coefficient (Wildman–Crippen LogP) is 2.08. The summed E-state index contributed by atoms with van der Waals surface area (Å²) in [6.45, 7) is 2.32. The van der Waals surface area contributed by atoms with Crippen LogP contribution in [0.3, 0.4) is 0 Å². The summed E-state index contributed by atoms with van der Waals surface area (Å²) in [5.41, 5.74) is 1.23. The largest absolute Gasteiger partial charge is 0.497 e. The number of carbonyl (C=O) groups is 2. The maximum atomic E-state index is 12.7. The number of hydrogen-bond acceptors (Lipinski definition) is 4. The lowest BCUT2D eigenvalue weighted by molar-refractivity contribution is 0.0718. The average molecular weight is 339 g/mol. The van der Waals surface area contributed by atoms with Gasteiger partial charge in [-0.2, -0.15) is 0 Å².